The highest BCUT2D eigenvalue weighted by Gasteiger charge is 2.30. The molecule has 6 heteroatoms. The van der Waals surface area contributed by atoms with E-state index >= 15 is 0 Å². The molecule has 19 heavy (non-hydrogen) atoms. The third-order valence-electron chi connectivity index (χ3n) is 3.45. The maximum atomic E-state index is 11.3. The van der Waals surface area contributed by atoms with E-state index in [0.717, 1.165) is 26.1 Å². The fourth-order valence-electron chi connectivity index (χ4n) is 2.66. The largest absolute Gasteiger partial charge is 0.506 e. The van der Waals surface area contributed by atoms with Crippen molar-refractivity contribution >= 4 is 33.2 Å². The first-order chi connectivity index (χ1) is 8.99. The molecule has 2 heterocycles. The summed E-state index contributed by atoms with van der Waals surface area (Å²) in [5.41, 5.74) is 2.27. The first-order valence-electron chi connectivity index (χ1n) is 5.90. The average Bonchev–Trinajstić information content (AvgIpc) is 2.73. The van der Waals surface area contributed by atoms with Crippen LogP contribution in [-0.4, -0.2) is 34.1 Å². The average molecular weight is 279 g/mol. The van der Waals surface area contributed by atoms with Crippen molar-refractivity contribution in [1.82, 2.24) is 0 Å². The van der Waals surface area contributed by atoms with Gasteiger partial charge in [-0.2, -0.15) is 0 Å². The number of nitrogens with zero attached hydrogens (tertiary/aromatic N) is 1. The van der Waals surface area contributed by atoms with Gasteiger partial charge in [0.25, 0.3) is 0 Å². The summed E-state index contributed by atoms with van der Waals surface area (Å²) in [5.74, 6) is 0.0921. The Hall–Kier alpha value is -1.79. The molecule has 2 aromatic rings. The Morgan fingerprint density at radius 1 is 1.53 bits per heavy atom. The minimum absolute atomic E-state index is 0.0382. The van der Waals surface area contributed by atoms with E-state index in [1.807, 2.05) is 12.3 Å². The highest BCUT2D eigenvalue weighted by molar-refractivity contribution is 7.17. The summed E-state index contributed by atoms with van der Waals surface area (Å²) in [6, 6.07) is 1.48. The van der Waals surface area contributed by atoms with Crippen LogP contribution in [0.5, 0.6) is 5.75 Å². The maximum Gasteiger partial charge on any atom is 0.411 e. The lowest BCUT2D eigenvalue weighted by atomic mass is 9.95. The van der Waals surface area contributed by atoms with Gasteiger partial charge in [0.15, 0.2) is 0 Å². The van der Waals surface area contributed by atoms with Gasteiger partial charge in [0.05, 0.1) is 23.0 Å². The number of carboxylic acid groups (broad SMARTS) is 1. The quantitative estimate of drug-likeness (QED) is 0.691. The SMILES string of the molecule is Cc1csc2c(O)cc3c(c12)C[C@@H](O)CN3C(=O)O. The van der Waals surface area contributed by atoms with Crippen LogP contribution < -0.4 is 4.90 Å². The Balaban J connectivity index is 2.34. The van der Waals surface area contributed by atoms with E-state index in [-0.39, 0.29) is 12.3 Å². The van der Waals surface area contributed by atoms with E-state index in [4.69, 9.17) is 0 Å². The lowest BCUT2D eigenvalue weighted by Gasteiger charge is -2.31. The minimum Gasteiger partial charge on any atom is -0.506 e. The first-order valence-corrected chi connectivity index (χ1v) is 6.78. The Morgan fingerprint density at radius 3 is 2.95 bits per heavy atom. The predicted octanol–water partition coefficient (Wildman–Crippen LogP) is 2.32. The molecule has 1 atom stereocenters. The van der Waals surface area contributed by atoms with Gasteiger partial charge in [-0.15, -0.1) is 11.3 Å². The smallest absolute Gasteiger partial charge is 0.411 e. The Morgan fingerprint density at radius 2 is 2.26 bits per heavy atom. The molecule has 3 N–H and O–H groups in total. The van der Waals surface area contributed by atoms with Crippen molar-refractivity contribution in [3.05, 3.63) is 22.6 Å². The lowest BCUT2D eigenvalue weighted by molar-refractivity contribution is 0.163. The number of carbonyl (C=O) groups is 1. The van der Waals surface area contributed by atoms with E-state index in [1.54, 1.807) is 0 Å². The number of β-amino-alcohol motifs (C(OH)–C–C–N with tert-alkyl or cyclic N) is 1. The van der Waals surface area contributed by atoms with Crippen molar-refractivity contribution in [1.29, 1.82) is 0 Å². The van der Waals surface area contributed by atoms with Crippen molar-refractivity contribution < 1.29 is 20.1 Å². The van der Waals surface area contributed by atoms with Crippen LogP contribution in [0.1, 0.15) is 11.1 Å². The van der Waals surface area contributed by atoms with Crippen molar-refractivity contribution in [2.75, 3.05) is 11.4 Å². The van der Waals surface area contributed by atoms with Crippen molar-refractivity contribution in [3.63, 3.8) is 0 Å². The van der Waals surface area contributed by atoms with Crippen LogP contribution >= 0.6 is 11.3 Å². The molecule has 1 aromatic carbocycles. The molecule has 1 aliphatic rings. The van der Waals surface area contributed by atoms with Crippen LogP contribution in [0.15, 0.2) is 11.4 Å². The van der Waals surface area contributed by atoms with Crippen LogP contribution in [0.25, 0.3) is 10.1 Å². The number of amides is 1. The van der Waals surface area contributed by atoms with Crippen LogP contribution in [0, 0.1) is 6.92 Å². The number of hydrogen-bond donors (Lipinski definition) is 3. The normalized spacial score (nSPS) is 18.6. The molecule has 0 fully saturated rings. The summed E-state index contributed by atoms with van der Waals surface area (Å²) in [5, 5.41) is 31.9. The zero-order chi connectivity index (χ0) is 13.7. The molecule has 0 unspecified atom stereocenters. The van der Waals surface area contributed by atoms with E-state index in [2.05, 4.69) is 0 Å². The Labute approximate surface area is 113 Å². The van der Waals surface area contributed by atoms with Crippen molar-refractivity contribution in [2.45, 2.75) is 19.4 Å². The lowest BCUT2D eigenvalue weighted by Crippen LogP contribution is -2.41. The minimum atomic E-state index is -1.12. The summed E-state index contributed by atoms with van der Waals surface area (Å²) < 4.78 is 0.746. The molecule has 1 amide bonds. The molecule has 100 valence electrons. The number of benzene rings is 1. The van der Waals surface area contributed by atoms with Gasteiger partial charge in [-0.05, 0) is 23.4 Å². The van der Waals surface area contributed by atoms with E-state index < -0.39 is 12.2 Å². The van der Waals surface area contributed by atoms with Gasteiger partial charge >= 0.3 is 6.09 Å². The first kappa shape index (κ1) is 12.3. The molecule has 5 nitrogen and oxygen atoms in total. The van der Waals surface area contributed by atoms with E-state index in [9.17, 15) is 20.1 Å². The van der Waals surface area contributed by atoms with E-state index in [0.29, 0.717) is 12.1 Å². The van der Waals surface area contributed by atoms with Crippen LogP contribution in [0.2, 0.25) is 0 Å². The van der Waals surface area contributed by atoms with Crippen molar-refractivity contribution in [3.8, 4) is 5.75 Å². The molecular formula is C13H13NO4S. The topological polar surface area (TPSA) is 81.0 Å². The zero-order valence-corrected chi connectivity index (χ0v) is 11.1. The number of aliphatic hydroxyl groups is 1. The number of aromatic hydroxyl groups is 1. The number of aryl methyl sites for hydroxylation is 1. The second-order valence-corrected chi connectivity index (χ2v) is 5.65. The number of fused-ring (bicyclic) bond motifs is 3. The van der Waals surface area contributed by atoms with Crippen LogP contribution in [-0.2, 0) is 6.42 Å². The molecule has 0 bridgehead atoms. The van der Waals surface area contributed by atoms with Crippen LogP contribution in [0.3, 0.4) is 0 Å². The van der Waals surface area contributed by atoms with Gasteiger partial charge in [0.2, 0.25) is 0 Å². The summed E-state index contributed by atoms with van der Waals surface area (Å²) in [6.07, 6.45) is -1.42. The number of phenols is 1. The predicted molar refractivity (Wildman–Crippen MR) is 73.3 cm³/mol. The maximum absolute atomic E-state index is 11.3. The highest BCUT2D eigenvalue weighted by Crippen LogP contribution is 2.43. The summed E-state index contributed by atoms with van der Waals surface area (Å²) in [4.78, 5) is 12.4. The molecule has 0 saturated heterocycles. The van der Waals surface area contributed by atoms with Crippen LogP contribution in [0.4, 0.5) is 10.5 Å². The summed E-state index contributed by atoms with van der Waals surface area (Å²) >= 11 is 1.43. The van der Waals surface area contributed by atoms with Gasteiger partial charge in [-0.1, -0.05) is 0 Å². The third kappa shape index (κ3) is 1.75. The third-order valence-corrected chi connectivity index (χ3v) is 4.57. The molecule has 1 aliphatic heterocycles. The van der Waals surface area contributed by atoms with Gasteiger partial charge in [0, 0.05) is 17.9 Å². The number of anilines is 1. The number of rotatable bonds is 0. The zero-order valence-electron chi connectivity index (χ0n) is 10.3. The monoisotopic (exact) mass is 279 g/mol. The Bertz CT molecular complexity index is 679. The molecular weight excluding hydrogens is 266 g/mol. The number of phenolic OH excluding ortho intramolecular Hbond substituents is 1. The number of hydrogen-bond acceptors (Lipinski definition) is 4. The standard InChI is InChI=1S/C13H13NO4S/c1-6-5-19-12-10(16)3-9-8(11(6)12)2-7(15)4-14(9)13(17)18/h3,5,7,15-16H,2,4H2,1H3,(H,17,18)/t7-/m1/s1. The van der Waals surface area contributed by atoms with Gasteiger partial charge in [-0.25, -0.2) is 4.79 Å². The van der Waals surface area contributed by atoms with Gasteiger partial charge < -0.3 is 15.3 Å². The fourth-order valence-corrected chi connectivity index (χ4v) is 3.65. The summed E-state index contributed by atoms with van der Waals surface area (Å²) in [6.45, 7) is 1.96. The second kappa shape index (κ2) is 4.11. The fraction of sp³-hybridized carbons (Fsp3) is 0.308. The number of aliphatic hydroxyl groups excluding tert-OH is 1. The molecule has 0 spiro atoms. The molecule has 0 aliphatic carbocycles. The second-order valence-electron chi connectivity index (χ2n) is 4.77. The summed E-state index contributed by atoms with van der Waals surface area (Å²) in [7, 11) is 0. The van der Waals surface area contributed by atoms with Gasteiger partial charge in [-0.3, -0.25) is 4.90 Å². The molecule has 0 saturated carbocycles. The molecule has 1 aromatic heterocycles. The Kier molecular flexibility index (Phi) is 2.65. The van der Waals surface area contributed by atoms with Gasteiger partial charge in [0.1, 0.15) is 5.75 Å². The van der Waals surface area contributed by atoms with E-state index in [1.165, 1.54) is 17.4 Å². The molecule has 3 rings (SSSR count). The molecule has 0 radical (unpaired) electrons. The highest BCUT2D eigenvalue weighted by atomic mass is 32.1. The number of thiophene rings is 1. The van der Waals surface area contributed by atoms with Crippen molar-refractivity contribution in [2.24, 2.45) is 0 Å².